The molecule has 1 heterocycles. The summed E-state index contributed by atoms with van der Waals surface area (Å²) in [4.78, 5) is 6.48. The second kappa shape index (κ2) is 5.71. The molecule has 2 N–H and O–H groups in total. The second-order valence-electron chi connectivity index (χ2n) is 4.27. The van der Waals surface area contributed by atoms with Gasteiger partial charge in [0.1, 0.15) is 5.82 Å². The minimum absolute atomic E-state index is 0.653. The van der Waals surface area contributed by atoms with Crippen LogP contribution in [0.4, 0.5) is 5.82 Å². The fraction of sp³-hybridized carbons (Fsp3) is 0.583. The van der Waals surface area contributed by atoms with E-state index in [0.29, 0.717) is 11.7 Å². The summed E-state index contributed by atoms with van der Waals surface area (Å²) in [6, 6.07) is 3.99. The Hall–Kier alpha value is -1.09. The number of nitrogen functional groups attached to an aromatic ring is 1. The van der Waals surface area contributed by atoms with Crippen molar-refractivity contribution in [1.29, 1.82) is 0 Å². The molecule has 1 aromatic heterocycles. The van der Waals surface area contributed by atoms with Crippen LogP contribution in [0.15, 0.2) is 18.3 Å². The maximum Gasteiger partial charge on any atom is 0.127 e. The third-order valence-electron chi connectivity index (χ3n) is 2.39. The maximum absolute atomic E-state index is 5.82. The topological polar surface area (TPSA) is 42.2 Å². The molecule has 0 aliphatic rings. The first-order valence-corrected chi connectivity index (χ1v) is 5.55. The molecule has 84 valence electrons. The summed E-state index contributed by atoms with van der Waals surface area (Å²) >= 11 is 0. The summed E-state index contributed by atoms with van der Waals surface area (Å²) in [7, 11) is 0. The van der Waals surface area contributed by atoms with Crippen molar-refractivity contribution in [3.05, 3.63) is 23.9 Å². The minimum atomic E-state index is 0.653. The van der Waals surface area contributed by atoms with Gasteiger partial charge in [-0.05, 0) is 18.5 Å². The zero-order valence-corrected chi connectivity index (χ0v) is 9.90. The van der Waals surface area contributed by atoms with E-state index in [4.69, 9.17) is 5.73 Å². The number of nitrogens with two attached hydrogens (primary N) is 1. The minimum Gasteiger partial charge on any atom is -0.383 e. The Morgan fingerprint density at radius 3 is 2.73 bits per heavy atom. The van der Waals surface area contributed by atoms with Crippen LogP contribution in [0.25, 0.3) is 0 Å². The van der Waals surface area contributed by atoms with E-state index in [0.717, 1.165) is 25.2 Å². The summed E-state index contributed by atoms with van der Waals surface area (Å²) in [6.07, 6.45) is 1.73. The van der Waals surface area contributed by atoms with Gasteiger partial charge in [-0.15, -0.1) is 0 Å². The van der Waals surface area contributed by atoms with Gasteiger partial charge in [0.2, 0.25) is 0 Å². The first-order chi connectivity index (χ1) is 7.13. The van der Waals surface area contributed by atoms with Crippen LogP contribution in [-0.4, -0.2) is 23.0 Å². The lowest BCUT2D eigenvalue weighted by molar-refractivity contribution is 0.248. The monoisotopic (exact) mass is 207 g/mol. The zero-order chi connectivity index (χ0) is 11.3. The lowest BCUT2D eigenvalue weighted by atomic mass is 10.2. The highest BCUT2D eigenvalue weighted by Gasteiger charge is 2.07. The van der Waals surface area contributed by atoms with Crippen LogP contribution in [0.3, 0.4) is 0 Å². The third-order valence-corrected chi connectivity index (χ3v) is 2.39. The van der Waals surface area contributed by atoms with Gasteiger partial charge in [-0.2, -0.15) is 0 Å². The molecule has 0 fully saturated rings. The Morgan fingerprint density at radius 1 is 1.47 bits per heavy atom. The molecule has 0 amide bonds. The first kappa shape index (κ1) is 12.0. The van der Waals surface area contributed by atoms with Gasteiger partial charge < -0.3 is 5.73 Å². The lowest BCUT2D eigenvalue weighted by Crippen LogP contribution is -2.27. The molecule has 3 heteroatoms. The summed E-state index contributed by atoms with van der Waals surface area (Å²) in [5, 5.41) is 0. The number of pyridine rings is 1. The van der Waals surface area contributed by atoms with Crippen molar-refractivity contribution in [2.45, 2.75) is 27.3 Å². The molecule has 0 bridgehead atoms. The van der Waals surface area contributed by atoms with Crippen LogP contribution in [0.2, 0.25) is 0 Å². The molecule has 1 rings (SSSR count). The van der Waals surface area contributed by atoms with E-state index in [1.54, 1.807) is 6.20 Å². The fourth-order valence-electron chi connectivity index (χ4n) is 1.65. The molecule has 1 aromatic rings. The van der Waals surface area contributed by atoms with Crippen LogP contribution in [0.1, 0.15) is 26.3 Å². The van der Waals surface area contributed by atoms with Gasteiger partial charge in [-0.3, -0.25) is 4.90 Å². The molecule has 0 aromatic carbocycles. The number of rotatable bonds is 5. The van der Waals surface area contributed by atoms with Crippen LogP contribution < -0.4 is 5.73 Å². The highest BCUT2D eigenvalue weighted by Crippen LogP contribution is 2.11. The van der Waals surface area contributed by atoms with Gasteiger partial charge >= 0.3 is 0 Å². The molecule has 0 saturated heterocycles. The molecule has 3 nitrogen and oxygen atoms in total. The van der Waals surface area contributed by atoms with Gasteiger partial charge in [0.25, 0.3) is 0 Å². The summed E-state index contributed by atoms with van der Waals surface area (Å²) < 4.78 is 0. The molecule has 15 heavy (non-hydrogen) atoms. The second-order valence-corrected chi connectivity index (χ2v) is 4.27. The lowest BCUT2D eigenvalue weighted by Gasteiger charge is -2.22. The van der Waals surface area contributed by atoms with Crippen molar-refractivity contribution < 1.29 is 0 Å². The number of nitrogens with zero attached hydrogens (tertiary/aromatic N) is 2. The van der Waals surface area contributed by atoms with Crippen molar-refractivity contribution in [3.8, 4) is 0 Å². The molecule has 0 atom stereocenters. The van der Waals surface area contributed by atoms with Crippen molar-refractivity contribution >= 4 is 5.82 Å². The molecule has 0 saturated carbocycles. The maximum atomic E-state index is 5.82. The van der Waals surface area contributed by atoms with Crippen LogP contribution in [0.5, 0.6) is 0 Å². The smallest absolute Gasteiger partial charge is 0.127 e. The SMILES string of the molecule is CCN(Cc1cccnc1N)CC(C)C. The van der Waals surface area contributed by atoms with E-state index in [-0.39, 0.29) is 0 Å². The van der Waals surface area contributed by atoms with Crippen molar-refractivity contribution in [1.82, 2.24) is 9.88 Å². The van der Waals surface area contributed by atoms with Crippen molar-refractivity contribution in [3.63, 3.8) is 0 Å². The van der Waals surface area contributed by atoms with Crippen LogP contribution in [-0.2, 0) is 6.54 Å². The molecule has 0 spiro atoms. The van der Waals surface area contributed by atoms with Crippen LogP contribution >= 0.6 is 0 Å². The number of hydrogen-bond donors (Lipinski definition) is 1. The quantitative estimate of drug-likeness (QED) is 0.804. The van der Waals surface area contributed by atoms with E-state index in [9.17, 15) is 0 Å². The van der Waals surface area contributed by atoms with E-state index >= 15 is 0 Å². The highest BCUT2D eigenvalue weighted by molar-refractivity contribution is 5.38. The average Bonchev–Trinajstić information content (AvgIpc) is 2.19. The van der Waals surface area contributed by atoms with Crippen molar-refractivity contribution in [2.24, 2.45) is 5.92 Å². The Labute approximate surface area is 92.3 Å². The highest BCUT2D eigenvalue weighted by atomic mass is 15.1. The van der Waals surface area contributed by atoms with Gasteiger partial charge in [0, 0.05) is 24.8 Å². The summed E-state index contributed by atoms with van der Waals surface area (Å²) in [5.41, 5.74) is 6.94. The summed E-state index contributed by atoms with van der Waals surface area (Å²) in [6.45, 7) is 9.69. The van der Waals surface area contributed by atoms with Gasteiger partial charge in [-0.1, -0.05) is 26.8 Å². The number of aromatic nitrogens is 1. The standard InChI is InChI=1S/C12H21N3/c1-4-15(8-10(2)3)9-11-6-5-7-14-12(11)13/h5-7,10H,4,8-9H2,1-3H3,(H2,13,14). The molecular weight excluding hydrogens is 186 g/mol. The number of anilines is 1. The normalized spacial score (nSPS) is 11.3. The van der Waals surface area contributed by atoms with E-state index in [2.05, 4.69) is 30.7 Å². The molecule has 0 aliphatic heterocycles. The first-order valence-electron chi connectivity index (χ1n) is 5.55. The van der Waals surface area contributed by atoms with Crippen molar-refractivity contribution in [2.75, 3.05) is 18.8 Å². The zero-order valence-electron chi connectivity index (χ0n) is 9.90. The van der Waals surface area contributed by atoms with E-state index in [1.807, 2.05) is 12.1 Å². The Kier molecular flexibility index (Phi) is 4.56. The Bertz CT molecular complexity index is 297. The van der Waals surface area contributed by atoms with Gasteiger partial charge in [0.15, 0.2) is 0 Å². The van der Waals surface area contributed by atoms with Gasteiger partial charge in [-0.25, -0.2) is 4.98 Å². The van der Waals surface area contributed by atoms with Crippen LogP contribution in [0, 0.1) is 5.92 Å². The molecule has 0 aliphatic carbocycles. The molecular formula is C12H21N3. The number of hydrogen-bond acceptors (Lipinski definition) is 3. The summed E-state index contributed by atoms with van der Waals surface area (Å²) in [5.74, 6) is 1.34. The average molecular weight is 207 g/mol. The largest absolute Gasteiger partial charge is 0.383 e. The fourth-order valence-corrected chi connectivity index (χ4v) is 1.65. The Balaban J connectivity index is 2.62. The molecule has 0 radical (unpaired) electrons. The predicted octanol–water partition coefficient (Wildman–Crippen LogP) is 2.14. The Morgan fingerprint density at radius 2 is 2.20 bits per heavy atom. The molecule has 0 unspecified atom stereocenters. The third kappa shape index (κ3) is 3.88. The predicted molar refractivity (Wildman–Crippen MR) is 64.4 cm³/mol. The van der Waals surface area contributed by atoms with E-state index in [1.165, 1.54) is 0 Å². The van der Waals surface area contributed by atoms with E-state index < -0.39 is 0 Å². The van der Waals surface area contributed by atoms with Gasteiger partial charge in [0.05, 0.1) is 0 Å².